The molecule has 2 aromatic rings. The Bertz CT molecular complexity index is 690. The van der Waals surface area contributed by atoms with Crippen LogP contribution in [0.25, 0.3) is 11.3 Å². The van der Waals surface area contributed by atoms with Crippen LogP contribution in [0.5, 0.6) is 0 Å². The fourth-order valence-electron chi connectivity index (χ4n) is 2.77. The minimum absolute atomic E-state index is 0.0226. The molecule has 1 aliphatic carbocycles. The van der Waals surface area contributed by atoms with E-state index < -0.39 is 0 Å². The molecule has 1 aromatic heterocycles. The topological polar surface area (TPSA) is 53.4 Å². The molecule has 0 atom stereocenters. The molecule has 0 saturated heterocycles. The predicted molar refractivity (Wildman–Crippen MR) is 92.5 cm³/mol. The van der Waals surface area contributed by atoms with Gasteiger partial charge in [0.15, 0.2) is 0 Å². The Labute approximate surface area is 140 Å². The third-order valence-corrected chi connectivity index (χ3v) is 5.06. The zero-order chi connectivity index (χ0) is 16.4. The largest absolute Gasteiger partial charge is 0.395 e. The van der Waals surface area contributed by atoms with Crippen LogP contribution >= 0.6 is 11.3 Å². The number of carbonyl (C=O) groups is 1. The summed E-state index contributed by atoms with van der Waals surface area (Å²) >= 11 is 1.59. The van der Waals surface area contributed by atoms with Crippen LogP contribution in [-0.4, -0.2) is 40.1 Å². The molecule has 5 heteroatoms. The Hall–Kier alpha value is -1.72. The van der Waals surface area contributed by atoms with Crippen LogP contribution in [0.4, 0.5) is 0 Å². The second kappa shape index (κ2) is 6.81. The second-order valence-electron chi connectivity index (χ2n) is 6.09. The molecule has 1 aromatic carbocycles. The maximum absolute atomic E-state index is 12.6. The third kappa shape index (κ3) is 3.79. The molecule has 1 amide bonds. The molecule has 0 radical (unpaired) electrons. The average molecular weight is 330 g/mol. The second-order valence-corrected chi connectivity index (χ2v) is 7.38. The molecule has 1 fully saturated rings. The first-order chi connectivity index (χ1) is 11.1. The van der Waals surface area contributed by atoms with E-state index in [0.717, 1.165) is 34.0 Å². The number of benzene rings is 1. The van der Waals surface area contributed by atoms with Crippen molar-refractivity contribution in [2.45, 2.75) is 39.2 Å². The summed E-state index contributed by atoms with van der Waals surface area (Å²) in [5.41, 5.74) is 3.18. The van der Waals surface area contributed by atoms with Crippen molar-refractivity contribution in [1.29, 1.82) is 0 Å². The van der Waals surface area contributed by atoms with Gasteiger partial charge >= 0.3 is 0 Å². The summed E-state index contributed by atoms with van der Waals surface area (Å²) in [5.74, 6) is 0.0959. The Morgan fingerprint density at radius 3 is 2.61 bits per heavy atom. The zero-order valence-corrected chi connectivity index (χ0v) is 14.4. The lowest BCUT2D eigenvalue weighted by atomic mass is 10.1. The average Bonchev–Trinajstić information content (AvgIpc) is 3.29. The van der Waals surface area contributed by atoms with Crippen molar-refractivity contribution in [3.8, 4) is 11.3 Å². The summed E-state index contributed by atoms with van der Waals surface area (Å²) in [6.45, 7) is 4.49. The standard InChI is InChI=1S/C18H22N2O2S/c1-12-3-5-14(6-4-12)18-16(23-13(2)19-18)11-17(22)20(9-10-21)15-7-8-15/h3-6,15,21H,7-11H2,1-2H3. The SMILES string of the molecule is Cc1ccc(-c2nc(C)sc2CC(=O)N(CCO)C2CC2)cc1. The number of thiazole rings is 1. The monoisotopic (exact) mass is 330 g/mol. The smallest absolute Gasteiger partial charge is 0.228 e. The van der Waals surface area contributed by atoms with Crippen molar-refractivity contribution < 1.29 is 9.90 Å². The summed E-state index contributed by atoms with van der Waals surface area (Å²) in [4.78, 5) is 20.1. The molecule has 23 heavy (non-hydrogen) atoms. The Balaban J connectivity index is 1.82. The fraction of sp³-hybridized carbons (Fsp3) is 0.444. The number of aryl methyl sites for hydroxylation is 2. The Morgan fingerprint density at radius 1 is 1.30 bits per heavy atom. The van der Waals surface area contributed by atoms with Gasteiger partial charge in [0.1, 0.15) is 0 Å². The van der Waals surface area contributed by atoms with Crippen LogP contribution in [0.3, 0.4) is 0 Å². The van der Waals surface area contributed by atoms with Gasteiger partial charge in [0.25, 0.3) is 0 Å². The highest BCUT2D eigenvalue weighted by Crippen LogP contribution is 2.31. The molecular weight excluding hydrogens is 308 g/mol. The molecule has 1 N–H and O–H groups in total. The maximum atomic E-state index is 12.6. The predicted octanol–water partition coefficient (Wildman–Crippen LogP) is 2.95. The minimum Gasteiger partial charge on any atom is -0.395 e. The molecule has 1 heterocycles. The summed E-state index contributed by atoms with van der Waals surface area (Å²) in [6, 6.07) is 8.58. The lowest BCUT2D eigenvalue weighted by Gasteiger charge is -2.21. The number of hydrogen-bond donors (Lipinski definition) is 1. The number of carbonyl (C=O) groups excluding carboxylic acids is 1. The molecule has 1 aliphatic rings. The number of amides is 1. The lowest BCUT2D eigenvalue weighted by molar-refractivity contribution is -0.131. The van der Waals surface area contributed by atoms with Gasteiger partial charge in [-0.25, -0.2) is 4.98 Å². The normalized spacial score (nSPS) is 14.0. The van der Waals surface area contributed by atoms with Crippen LogP contribution in [0.2, 0.25) is 0 Å². The maximum Gasteiger partial charge on any atom is 0.228 e. The molecule has 1 saturated carbocycles. The summed E-state index contributed by atoms with van der Waals surface area (Å²) in [5, 5.41) is 10.2. The van der Waals surface area contributed by atoms with Crippen molar-refractivity contribution >= 4 is 17.2 Å². The van der Waals surface area contributed by atoms with E-state index in [1.807, 2.05) is 11.8 Å². The van der Waals surface area contributed by atoms with E-state index in [4.69, 9.17) is 0 Å². The van der Waals surface area contributed by atoms with Crippen molar-refractivity contribution in [2.24, 2.45) is 0 Å². The molecule has 0 bridgehead atoms. The van der Waals surface area contributed by atoms with E-state index in [1.54, 1.807) is 11.3 Å². The van der Waals surface area contributed by atoms with Crippen LogP contribution in [0.1, 0.15) is 28.3 Å². The molecular formula is C18H22N2O2S. The molecule has 0 aliphatic heterocycles. The number of rotatable bonds is 6. The van der Waals surface area contributed by atoms with Gasteiger partial charge in [0, 0.05) is 23.0 Å². The van der Waals surface area contributed by atoms with Crippen LogP contribution in [-0.2, 0) is 11.2 Å². The van der Waals surface area contributed by atoms with Crippen LogP contribution in [0.15, 0.2) is 24.3 Å². The number of hydrogen-bond acceptors (Lipinski definition) is 4. The van der Waals surface area contributed by atoms with E-state index in [9.17, 15) is 9.90 Å². The van der Waals surface area contributed by atoms with Gasteiger partial charge in [-0.3, -0.25) is 4.79 Å². The number of aliphatic hydroxyl groups is 1. The van der Waals surface area contributed by atoms with Crippen LogP contribution in [0, 0.1) is 13.8 Å². The van der Waals surface area contributed by atoms with Crippen molar-refractivity contribution in [3.05, 3.63) is 39.7 Å². The van der Waals surface area contributed by atoms with Crippen LogP contribution < -0.4 is 0 Å². The Morgan fingerprint density at radius 2 is 2.00 bits per heavy atom. The molecule has 0 spiro atoms. The first-order valence-corrected chi connectivity index (χ1v) is 8.84. The molecule has 3 rings (SSSR count). The van der Waals surface area contributed by atoms with Gasteiger partial charge in [-0.15, -0.1) is 11.3 Å². The molecule has 122 valence electrons. The minimum atomic E-state index is 0.0226. The van der Waals surface area contributed by atoms with E-state index in [-0.39, 0.29) is 12.5 Å². The zero-order valence-electron chi connectivity index (χ0n) is 13.6. The Kier molecular flexibility index (Phi) is 4.78. The van der Waals surface area contributed by atoms with Gasteiger partial charge < -0.3 is 10.0 Å². The van der Waals surface area contributed by atoms with Gasteiger partial charge in [0.05, 0.1) is 23.7 Å². The lowest BCUT2D eigenvalue weighted by Crippen LogP contribution is -2.36. The molecule has 0 unspecified atom stereocenters. The van der Waals surface area contributed by atoms with E-state index in [1.165, 1.54) is 5.56 Å². The van der Waals surface area contributed by atoms with Crippen molar-refractivity contribution in [1.82, 2.24) is 9.88 Å². The van der Waals surface area contributed by atoms with Gasteiger partial charge in [-0.1, -0.05) is 29.8 Å². The quantitative estimate of drug-likeness (QED) is 0.886. The van der Waals surface area contributed by atoms with E-state index >= 15 is 0 Å². The third-order valence-electron chi connectivity index (χ3n) is 4.09. The first kappa shape index (κ1) is 16.1. The van der Waals surface area contributed by atoms with E-state index in [0.29, 0.717) is 19.0 Å². The molecule has 4 nitrogen and oxygen atoms in total. The fourth-order valence-corrected chi connectivity index (χ4v) is 3.72. The van der Waals surface area contributed by atoms with Crippen molar-refractivity contribution in [2.75, 3.05) is 13.2 Å². The van der Waals surface area contributed by atoms with Gasteiger partial charge in [-0.2, -0.15) is 0 Å². The van der Waals surface area contributed by atoms with Gasteiger partial charge in [0.2, 0.25) is 5.91 Å². The highest BCUT2D eigenvalue weighted by Gasteiger charge is 2.32. The summed E-state index contributed by atoms with van der Waals surface area (Å²) in [7, 11) is 0. The number of aliphatic hydroxyl groups excluding tert-OH is 1. The van der Waals surface area contributed by atoms with E-state index in [2.05, 4.69) is 36.2 Å². The highest BCUT2D eigenvalue weighted by atomic mass is 32.1. The first-order valence-electron chi connectivity index (χ1n) is 8.02. The summed E-state index contributed by atoms with van der Waals surface area (Å²) < 4.78 is 0. The van der Waals surface area contributed by atoms with Gasteiger partial charge in [-0.05, 0) is 26.7 Å². The highest BCUT2D eigenvalue weighted by molar-refractivity contribution is 7.12. The summed E-state index contributed by atoms with van der Waals surface area (Å²) in [6.07, 6.45) is 2.47. The number of nitrogens with zero attached hydrogens (tertiary/aromatic N) is 2. The van der Waals surface area contributed by atoms with Crippen molar-refractivity contribution in [3.63, 3.8) is 0 Å². The number of aromatic nitrogens is 1.